The molecule has 0 saturated heterocycles. The number of rotatable bonds is 2. The summed E-state index contributed by atoms with van der Waals surface area (Å²) in [7, 11) is 1.77. The molecular formula is C18H22N4O3. The van der Waals surface area contributed by atoms with Crippen LogP contribution in [0.25, 0.3) is 0 Å². The maximum absolute atomic E-state index is 12.4. The molecule has 25 heavy (non-hydrogen) atoms. The van der Waals surface area contributed by atoms with Crippen LogP contribution >= 0.6 is 0 Å². The first-order valence-electron chi connectivity index (χ1n) is 8.11. The Balaban J connectivity index is 1.77. The Hall–Kier alpha value is -2.83. The monoisotopic (exact) mass is 342 g/mol. The van der Waals surface area contributed by atoms with Gasteiger partial charge in [-0.15, -0.1) is 0 Å². The minimum Gasteiger partial charge on any atom is -0.444 e. The van der Waals surface area contributed by atoms with E-state index in [4.69, 9.17) is 4.74 Å². The van der Waals surface area contributed by atoms with Crippen molar-refractivity contribution in [3.63, 3.8) is 0 Å². The van der Waals surface area contributed by atoms with Gasteiger partial charge in [-0.05, 0) is 32.4 Å². The van der Waals surface area contributed by atoms with Crippen molar-refractivity contribution >= 4 is 17.7 Å². The number of aromatic nitrogens is 2. The number of imidazole rings is 1. The van der Waals surface area contributed by atoms with Crippen LogP contribution in [-0.4, -0.2) is 32.1 Å². The number of carbonyl (C=O) groups excluding carboxylic acids is 2. The second-order valence-electron chi connectivity index (χ2n) is 7.12. The maximum atomic E-state index is 12.4. The van der Waals surface area contributed by atoms with Crippen LogP contribution < -0.4 is 5.32 Å². The quantitative estimate of drug-likeness (QED) is 0.910. The van der Waals surface area contributed by atoms with E-state index in [0.29, 0.717) is 24.5 Å². The van der Waals surface area contributed by atoms with Gasteiger partial charge in [0.25, 0.3) is 5.91 Å². The van der Waals surface area contributed by atoms with Crippen LogP contribution in [0.4, 0.5) is 10.5 Å². The minimum absolute atomic E-state index is 0.232. The number of nitrogens with zero attached hydrogens (tertiary/aromatic N) is 3. The Morgan fingerprint density at radius 2 is 2.00 bits per heavy atom. The number of carbonyl (C=O) groups is 2. The Morgan fingerprint density at radius 1 is 1.24 bits per heavy atom. The van der Waals surface area contributed by atoms with Crippen molar-refractivity contribution in [2.75, 3.05) is 5.32 Å². The molecular weight excluding hydrogens is 320 g/mol. The molecule has 0 radical (unpaired) electrons. The van der Waals surface area contributed by atoms with Crippen molar-refractivity contribution in [3.05, 3.63) is 47.5 Å². The summed E-state index contributed by atoms with van der Waals surface area (Å²) >= 11 is 0. The Morgan fingerprint density at radius 3 is 2.64 bits per heavy atom. The largest absolute Gasteiger partial charge is 0.444 e. The lowest BCUT2D eigenvalue weighted by Gasteiger charge is -2.24. The van der Waals surface area contributed by atoms with E-state index in [9.17, 15) is 9.59 Å². The van der Waals surface area contributed by atoms with Crippen LogP contribution in [0.3, 0.4) is 0 Å². The zero-order valence-electron chi connectivity index (χ0n) is 14.9. The SMILES string of the molecule is Cn1cncc1C(=O)Nc1cccc2c1CN(C(=O)OC(C)(C)C)C2. The lowest BCUT2D eigenvalue weighted by Crippen LogP contribution is -2.33. The summed E-state index contributed by atoms with van der Waals surface area (Å²) in [4.78, 5) is 30.3. The molecule has 2 aromatic rings. The van der Waals surface area contributed by atoms with E-state index in [2.05, 4.69) is 10.3 Å². The molecule has 7 heteroatoms. The average Bonchev–Trinajstić information content (AvgIpc) is 3.12. The highest BCUT2D eigenvalue weighted by atomic mass is 16.6. The van der Waals surface area contributed by atoms with Crippen molar-refractivity contribution in [3.8, 4) is 0 Å². The molecule has 0 atom stereocenters. The fraction of sp³-hybridized carbons (Fsp3) is 0.389. The molecule has 132 valence electrons. The van der Waals surface area contributed by atoms with E-state index in [0.717, 1.165) is 11.1 Å². The maximum Gasteiger partial charge on any atom is 0.410 e. The zero-order valence-corrected chi connectivity index (χ0v) is 14.9. The molecule has 1 N–H and O–H groups in total. The second-order valence-corrected chi connectivity index (χ2v) is 7.12. The van der Waals surface area contributed by atoms with Gasteiger partial charge in [0.05, 0.1) is 19.1 Å². The van der Waals surface area contributed by atoms with Gasteiger partial charge in [-0.25, -0.2) is 9.78 Å². The topological polar surface area (TPSA) is 76.5 Å². The number of hydrogen-bond acceptors (Lipinski definition) is 4. The molecule has 0 saturated carbocycles. The molecule has 0 spiro atoms. The number of hydrogen-bond donors (Lipinski definition) is 1. The molecule has 0 fully saturated rings. The number of anilines is 1. The third kappa shape index (κ3) is 3.65. The van der Waals surface area contributed by atoms with Gasteiger partial charge in [-0.2, -0.15) is 0 Å². The number of amides is 2. The van der Waals surface area contributed by atoms with Gasteiger partial charge in [0.2, 0.25) is 0 Å². The van der Waals surface area contributed by atoms with E-state index in [1.54, 1.807) is 22.8 Å². The second kappa shape index (κ2) is 6.23. The molecule has 7 nitrogen and oxygen atoms in total. The van der Waals surface area contributed by atoms with Crippen LogP contribution in [0.2, 0.25) is 0 Å². The highest BCUT2D eigenvalue weighted by Crippen LogP contribution is 2.30. The van der Waals surface area contributed by atoms with Crippen molar-refractivity contribution in [1.82, 2.24) is 14.5 Å². The lowest BCUT2D eigenvalue weighted by atomic mass is 10.1. The Bertz CT molecular complexity index is 820. The molecule has 1 aromatic carbocycles. The first-order chi connectivity index (χ1) is 11.7. The van der Waals surface area contributed by atoms with Crippen LogP contribution in [0.1, 0.15) is 42.4 Å². The third-order valence-corrected chi connectivity index (χ3v) is 3.93. The molecule has 2 heterocycles. The fourth-order valence-corrected chi connectivity index (χ4v) is 2.76. The lowest BCUT2D eigenvalue weighted by molar-refractivity contribution is 0.0242. The highest BCUT2D eigenvalue weighted by Gasteiger charge is 2.29. The molecule has 1 aliphatic rings. The third-order valence-electron chi connectivity index (χ3n) is 3.93. The van der Waals surface area contributed by atoms with E-state index in [1.807, 2.05) is 39.0 Å². The summed E-state index contributed by atoms with van der Waals surface area (Å²) in [6.45, 7) is 6.40. The molecule has 0 bridgehead atoms. The fourth-order valence-electron chi connectivity index (χ4n) is 2.76. The molecule has 0 aliphatic carbocycles. The first kappa shape index (κ1) is 17.0. The zero-order chi connectivity index (χ0) is 18.2. The molecule has 2 amide bonds. The number of fused-ring (bicyclic) bond motifs is 1. The Kier molecular flexibility index (Phi) is 4.24. The predicted molar refractivity (Wildman–Crippen MR) is 93.1 cm³/mol. The van der Waals surface area contributed by atoms with E-state index < -0.39 is 5.60 Å². The van der Waals surface area contributed by atoms with Gasteiger partial charge >= 0.3 is 6.09 Å². The number of aryl methyl sites for hydroxylation is 1. The van der Waals surface area contributed by atoms with Crippen molar-refractivity contribution in [2.24, 2.45) is 7.05 Å². The van der Waals surface area contributed by atoms with Crippen LogP contribution in [0.15, 0.2) is 30.7 Å². The van der Waals surface area contributed by atoms with Gasteiger partial charge in [-0.1, -0.05) is 12.1 Å². The molecule has 0 unspecified atom stereocenters. The highest BCUT2D eigenvalue weighted by molar-refractivity contribution is 6.03. The van der Waals surface area contributed by atoms with Gasteiger partial charge in [0, 0.05) is 24.8 Å². The smallest absolute Gasteiger partial charge is 0.410 e. The standard InChI is InChI=1S/C18H22N4O3/c1-18(2,3)25-17(24)22-9-12-6-5-7-14(13(12)10-22)20-16(23)15-8-19-11-21(15)4/h5-8,11H,9-10H2,1-4H3,(H,20,23). The number of nitrogens with one attached hydrogen (secondary N) is 1. The van der Waals surface area contributed by atoms with Gasteiger partial charge in [-0.3, -0.25) is 9.69 Å². The number of ether oxygens (including phenoxy) is 1. The predicted octanol–water partition coefficient (Wildman–Crippen LogP) is 2.92. The van der Waals surface area contributed by atoms with Crippen molar-refractivity contribution < 1.29 is 14.3 Å². The minimum atomic E-state index is -0.539. The van der Waals surface area contributed by atoms with Crippen molar-refractivity contribution in [2.45, 2.75) is 39.5 Å². The summed E-state index contributed by atoms with van der Waals surface area (Å²) in [5, 5.41) is 2.91. The van der Waals surface area contributed by atoms with E-state index in [-0.39, 0.29) is 12.0 Å². The average molecular weight is 342 g/mol. The van der Waals surface area contributed by atoms with Gasteiger partial charge in [0.1, 0.15) is 11.3 Å². The summed E-state index contributed by atoms with van der Waals surface area (Å²) in [6.07, 6.45) is 2.74. The van der Waals surface area contributed by atoms with E-state index in [1.165, 1.54) is 6.20 Å². The van der Waals surface area contributed by atoms with Crippen LogP contribution in [0.5, 0.6) is 0 Å². The summed E-state index contributed by atoms with van der Waals surface area (Å²) in [5.41, 5.74) is 2.58. The first-order valence-corrected chi connectivity index (χ1v) is 8.11. The molecule has 1 aliphatic heterocycles. The molecule has 3 rings (SSSR count). The summed E-state index contributed by atoms with van der Waals surface area (Å²) in [6, 6.07) is 5.67. The molecule has 1 aromatic heterocycles. The normalized spacial score (nSPS) is 13.5. The van der Waals surface area contributed by atoms with Crippen LogP contribution in [-0.2, 0) is 24.9 Å². The van der Waals surface area contributed by atoms with Gasteiger partial charge in [0.15, 0.2) is 0 Å². The van der Waals surface area contributed by atoms with Crippen LogP contribution in [0, 0.1) is 0 Å². The van der Waals surface area contributed by atoms with E-state index >= 15 is 0 Å². The Labute approximate surface area is 146 Å². The number of benzene rings is 1. The summed E-state index contributed by atoms with van der Waals surface area (Å²) < 4.78 is 7.09. The van der Waals surface area contributed by atoms with Gasteiger partial charge < -0.3 is 14.6 Å². The van der Waals surface area contributed by atoms with Crippen molar-refractivity contribution in [1.29, 1.82) is 0 Å². The summed E-state index contributed by atoms with van der Waals surface area (Å²) in [5.74, 6) is -0.232.